The van der Waals surface area contributed by atoms with Crippen molar-refractivity contribution in [3.05, 3.63) is 29.8 Å². The van der Waals surface area contributed by atoms with Gasteiger partial charge in [0.2, 0.25) is 0 Å². The van der Waals surface area contributed by atoms with Gasteiger partial charge in [-0.15, -0.1) is 13.2 Å². The molecule has 0 aliphatic heterocycles. The molecule has 1 rings (SSSR count). The minimum absolute atomic E-state index is 0.220. The molecule has 0 aromatic heterocycles. The van der Waals surface area contributed by atoms with Gasteiger partial charge in [-0.2, -0.15) is 0 Å². The molecule has 7 heteroatoms. The maximum absolute atomic E-state index is 12.2. The average molecular weight is 305 g/mol. The molecule has 0 radical (unpaired) electrons. The second kappa shape index (κ2) is 8.51. The Hall–Kier alpha value is -1.76. The summed E-state index contributed by atoms with van der Waals surface area (Å²) in [5.41, 5.74) is 0.408. The molecule has 0 bridgehead atoms. The van der Waals surface area contributed by atoms with Gasteiger partial charge >= 0.3 is 12.3 Å². The van der Waals surface area contributed by atoms with Gasteiger partial charge in [0.05, 0.1) is 6.61 Å². The first kappa shape index (κ1) is 17.3. The summed E-state index contributed by atoms with van der Waals surface area (Å²) in [5, 5.41) is 2.97. The maximum Gasteiger partial charge on any atom is 0.573 e. The number of para-hydroxylation sites is 1. The molecule has 0 unspecified atom stereocenters. The van der Waals surface area contributed by atoms with Crippen LogP contribution in [0.15, 0.2) is 24.3 Å². The molecule has 1 aromatic rings. The number of halogens is 3. The van der Waals surface area contributed by atoms with Crippen molar-refractivity contribution >= 4 is 5.97 Å². The zero-order chi connectivity index (χ0) is 15.7. The summed E-state index contributed by atoms with van der Waals surface area (Å²) in [7, 11) is 0. The predicted octanol–water partition coefficient (Wildman–Crippen LogP) is 3.02. The van der Waals surface area contributed by atoms with Gasteiger partial charge in [-0.1, -0.05) is 18.2 Å². The summed E-state index contributed by atoms with van der Waals surface area (Å²) in [6.07, 6.45) is -3.87. The lowest BCUT2D eigenvalue weighted by atomic mass is 10.2. The Morgan fingerprint density at radius 2 is 2.00 bits per heavy atom. The third-order valence-electron chi connectivity index (χ3n) is 2.55. The lowest BCUT2D eigenvalue weighted by molar-refractivity contribution is -0.274. The van der Waals surface area contributed by atoms with E-state index in [2.05, 4.69) is 10.1 Å². The van der Waals surface area contributed by atoms with Gasteiger partial charge in [0.25, 0.3) is 0 Å². The standard InChI is InChI=1S/C14H18F3NO3/c1-2-20-13(19)8-5-9-18-10-11-6-3-4-7-12(11)21-14(15,16)17/h3-4,6-7,18H,2,5,8-10H2,1H3. The Labute approximate surface area is 121 Å². The highest BCUT2D eigenvalue weighted by Crippen LogP contribution is 2.25. The third kappa shape index (κ3) is 7.55. The molecule has 0 heterocycles. The number of nitrogens with one attached hydrogen (secondary N) is 1. The molecule has 0 saturated carbocycles. The van der Waals surface area contributed by atoms with E-state index in [0.717, 1.165) is 0 Å². The van der Waals surface area contributed by atoms with Gasteiger partial charge in [-0.05, 0) is 26.0 Å². The number of carbonyl (C=O) groups excluding carboxylic acids is 1. The lowest BCUT2D eigenvalue weighted by Crippen LogP contribution is -2.20. The highest BCUT2D eigenvalue weighted by molar-refractivity contribution is 5.69. The Morgan fingerprint density at radius 1 is 1.29 bits per heavy atom. The number of esters is 1. The number of hydrogen-bond donors (Lipinski definition) is 1. The molecular formula is C14H18F3NO3. The fourth-order valence-corrected chi connectivity index (χ4v) is 1.69. The van der Waals surface area contributed by atoms with Crippen molar-refractivity contribution in [3.63, 3.8) is 0 Å². The van der Waals surface area contributed by atoms with Crippen LogP contribution in [-0.2, 0) is 16.1 Å². The van der Waals surface area contributed by atoms with Crippen molar-refractivity contribution in [2.75, 3.05) is 13.2 Å². The fraction of sp³-hybridized carbons (Fsp3) is 0.500. The summed E-state index contributed by atoms with van der Waals surface area (Å²) in [5.74, 6) is -0.497. The first-order valence-corrected chi connectivity index (χ1v) is 6.62. The van der Waals surface area contributed by atoms with Gasteiger partial charge in [0, 0.05) is 18.5 Å². The number of hydrogen-bond acceptors (Lipinski definition) is 4. The molecule has 0 aliphatic carbocycles. The van der Waals surface area contributed by atoms with Gasteiger partial charge < -0.3 is 14.8 Å². The highest BCUT2D eigenvalue weighted by atomic mass is 19.4. The maximum atomic E-state index is 12.2. The van der Waals surface area contributed by atoms with Crippen molar-refractivity contribution in [2.45, 2.75) is 32.7 Å². The van der Waals surface area contributed by atoms with E-state index < -0.39 is 6.36 Å². The molecule has 118 valence electrons. The second-order valence-corrected chi connectivity index (χ2v) is 4.24. The summed E-state index contributed by atoms with van der Waals surface area (Å²) < 4.78 is 45.4. The molecule has 21 heavy (non-hydrogen) atoms. The molecule has 0 saturated heterocycles. The van der Waals surface area contributed by atoms with Crippen molar-refractivity contribution in [1.29, 1.82) is 0 Å². The molecule has 0 aliphatic rings. The van der Waals surface area contributed by atoms with Crippen LogP contribution in [0.2, 0.25) is 0 Å². The summed E-state index contributed by atoms with van der Waals surface area (Å²) in [4.78, 5) is 11.1. The SMILES string of the molecule is CCOC(=O)CCCNCc1ccccc1OC(F)(F)F. The van der Waals surface area contributed by atoms with Gasteiger partial charge in [0.15, 0.2) is 0 Å². The Bertz CT molecular complexity index is 449. The second-order valence-electron chi connectivity index (χ2n) is 4.24. The monoisotopic (exact) mass is 305 g/mol. The van der Waals surface area contributed by atoms with Gasteiger partial charge in [-0.25, -0.2) is 0 Å². The van der Waals surface area contributed by atoms with E-state index in [9.17, 15) is 18.0 Å². The molecule has 0 atom stereocenters. The topological polar surface area (TPSA) is 47.6 Å². The van der Waals surface area contributed by atoms with Crippen LogP contribution in [0.3, 0.4) is 0 Å². The van der Waals surface area contributed by atoms with Crippen molar-refractivity contribution in [3.8, 4) is 5.75 Å². The quantitative estimate of drug-likeness (QED) is 0.592. The average Bonchev–Trinajstić information content (AvgIpc) is 2.39. The Kier molecular flexibility index (Phi) is 7.01. The van der Waals surface area contributed by atoms with Crippen LogP contribution >= 0.6 is 0 Å². The van der Waals surface area contributed by atoms with Crippen LogP contribution in [0.5, 0.6) is 5.75 Å². The largest absolute Gasteiger partial charge is 0.573 e. The van der Waals surface area contributed by atoms with Crippen LogP contribution in [0, 0.1) is 0 Å². The smallest absolute Gasteiger partial charge is 0.466 e. The highest BCUT2D eigenvalue weighted by Gasteiger charge is 2.31. The zero-order valence-electron chi connectivity index (χ0n) is 11.7. The molecule has 1 aromatic carbocycles. The first-order chi connectivity index (χ1) is 9.92. The van der Waals surface area contributed by atoms with Crippen molar-refractivity contribution in [2.24, 2.45) is 0 Å². The normalized spacial score (nSPS) is 11.2. The van der Waals surface area contributed by atoms with E-state index >= 15 is 0 Å². The minimum Gasteiger partial charge on any atom is -0.466 e. The molecule has 4 nitrogen and oxygen atoms in total. The van der Waals surface area contributed by atoms with E-state index in [1.165, 1.54) is 12.1 Å². The number of ether oxygens (including phenoxy) is 2. The van der Waals surface area contributed by atoms with Crippen LogP contribution in [-0.4, -0.2) is 25.5 Å². The molecule has 1 N–H and O–H groups in total. The van der Waals surface area contributed by atoms with Crippen LogP contribution in [0.25, 0.3) is 0 Å². The van der Waals surface area contributed by atoms with E-state index in [4.69, 9.17) is 4.74 Å². The van der Waals surface area contributed by atoms with Crippen LogP contribution in [0.1, 0.15) is 25.3 Å². The number of benzene rings is 1. The van der Waals surface area contributed by atoms with E-state index in [1.807, 2.05) is 0 Å². The minimum atomic E-state index is -4.71. The zero-order valence-corrected chi connectivity index (χ0v) is 11.7. The fourth-order valence-electron chi connectivity index (χ4n) is 1.69. The molecule has 0 spiro atoms. The third-order valence-corrected chi connectivity index (χ3v) is 2.55. The first-order valence-electron chi connectivity index (χ1n) is 6.62. The number of alkyl halides is 3. The number of carbonyl (C=O) groups is 1. The molecular weight excluding hydrogens is 287 g/mol. The van der Waals surface area contributed by atoms with E-state index in [0.29, 0.717) is 25.1 Å². The predicted molar refractivity (Wildman–Crippen MR) is 70.7 cm³/mol. The molecule has 0 fully saturated rings. The summed E-state index contributed by atoms with van der Waals surface area (Å²) in [6, 6.07) is 5.94. The van der Waals surface area contributed by atoms with Gasteiger partial charge in [0.1, 0.15) is 5.75 Å². The Morgan fingerprint density at radius 3 is 2.67 bits per heavy atom. The lowest BCUT2D eigenvalue weighted by Gasteiger charge is -2.13. The van der Waals surface area contributed by atoms with Crippen molar-refractivity contribution < 1.29 is 27.4 Å². The van der Waals surface area contributed by atoms with E-state index in [1.54, 1.807) is 19.1 Å². The summed E-state index contributed by atoms with van der Waals surface area (Å²) >= 11 is 0. The molecule has 0 amide bonds. The van der Waals surface area contributed by atoms with Crippen LogP contribution in [0.4, 0.5) is 13.2 Å². The van der Waals surface area contributed by atoms with E-state index in [-0.39, 0.29) is 24.7 Å². The van der Waals surface area contributed by atoms with Crippen molar-refractivity contribution in [1.82, 2.24) is 5.32 Å². The summed E-state index contributed by atoms with van der Waals surface area (Å²) in [6.45, 7) is 2.80. The van der Waals surface area contributed by atoms with Gasteiger partial charge in [-0.3, -0.25) is 4.79 Å². The van der Waals surface area contributed by atoms with Crippen LogP contribution < -0.4 is 10.1 Å². The Balaban J connectivity index is 2.37. The number of rotatable bonds is 8.